The summed E-state index contributed by atoms with van der Waals surface area (Å²) in [5, 5.41) is 8.72. The Morgan fingerprint density at radius 3 is 3.00 bits per heavy atom. The molecule has 1 fully saturated rings. The van der Waals surface area contributed by atoms with E-state index < -0.39 is 5.97 Å². The molecule has 0 aliphatic carbocycles. The van der Waals surface area contributed by atoms with Crippen LogP contribution in [0.1, 0.15) is 12.8 Å². The Labute approximate surface area is 84.2 Å². The predicted octanol–water partition coefficient (Wildman–Crippen LogP) is 0.738. The van der Waals surface area contributed by atoms with E-state index in [1.165, 1.54) is 0 Å². The minimum atomic E-state index is -0.794. The summed E-state index contributed by atoms with van der Waals surface area (Å²) in [6.45, 7) is 5.75. The smallest absolute Gasteiger partial charge is 0.317 e. The Morgan fingerprint density at radius 1 is 1.71 bits per heavy atom. The van der Waals surface area contributed by atoms with Crippen molar-refractivity contribution in [2.75, 3.05) is 26.3 Å². The molecule has 14 heavy (non-hydrogen) atoms. The average molecular weight is 199 g/mol. The van der Waals surface area contributed by atoms with Gasteiger partial charge in [0.1, 0.15) is 0 Å². The summed E-state index contributed by atoms with van der Waals surface area (Å²) in [5.74, 6) is -0.794. The van der Waals surface area contributed by atoms with Gasteiger partial charge in [0, 0.05) is 19.2 Å². The molecule has 4 nitrogen and oxygen atoms in total. The van der Waals surface area contributed by atoms with Crippen LogP contribution in [0.2, 0.25) is 0 Å². The van der Waals surface area contributed by atoms with Crippen molar-refractivity contribution < 1.29 is 14.6 Å². The van der Waals surface area contributed by atoms with Crippen LogP contribution < -0.4 is 0 Å². The Kier molecular flexibility index (Phi) is 4.62. The molecule has 1 aliphatic rings. The first-order chi connectivity index (χ1) is 6.74. The van der Waals surface area contributed by atoms with Crippen molar-refractivity contribution in [1.29, 1.82) is 0 Å². The highest BCUT2D eigenvalue weighted by Gasteiger charge is 2.22. The van der Waals surface area contributed by atoms with Crippen LogP contribution in [0.15, 0.2) is 12.7 Å². The monoisotopic (exact) mass is 199 g/mol. The van der Waals surface area contributed by atoms with Gasteiger partial charge in [-0.1, -0.05) is 6.08 Å². The second kappa shape index (κ2) is 5.78. The summed E-state index contributed by atoms with van der Waals surface area (Å²) in [6.07, 6.45) is 3.76. The maximum absolute atomic E-state index is 10.6. The molecule has 0 aromatic rings. The third-order valence-electron chi connectivity index (χ3n) is 2.35. The molecule has 1 N–H and O–H groups in total. The van der Waals surface area contributed by atoms with E-state index in [2.05, 4.69) is 6.58 Å². The van der Waals surface area contributed by atoms with Gasteiger partial charge in [-0.3, -0.25) is 9.69 Å². The third-order valence-corrected chi connectivity index (χ3v) is 2.35. The zero-order valence-corrected chi connectivity index (χ0v) is 8.32. The van der Waals surface area contributed by atoms with E-state index in [4.69, 9.17) is 9.84 Å². The van der Waals surface area contributed by atoms with Gasteiger partial charge in [-0.2, -0.15) is 0 Å². The summed E-state index contributed by atoms with van der Waals surface area (Å²) in [6, 6.07) is 0.234. The summed E-state index contributed by atoms with van der Waals surface area (Å²) in [4.78, 5) is 12.5. The number of hydrogen-bond donors (Lipinski definition) is 1. The number of carboxylic acids is 1. The SMILES string of the molecule is C=CCN(CC(=O)O)C1CCCOC1. The van der Waals surface area contributed by atoms with Crippen molar-refractivity contribution in [2.45, 2.75) is 18.9 Å². The molecular weight excluding hydrogens is 182 g/mol. The lowest BCUT2D eigenvalue weighted by molar-refractivity contribution is -0.139. The van der Waals surface area contributed by atoms with Crippen molar-refractivity contribution in [1.82, 2.24) is 4.90 Å². The van der Waals surface area contributed by atoms with Crippen LogP contribution in [-0.2, 0) is 9.53 Å². The summed E-state index contributed by atoms with van der Waals surface area (Å²) >= 11 is 0. The fourth-order valence-corrected chi connectivity index (χ4v) is 1.69. The van der Waals surface area contributed by atoms with Gasteiger partial charge in [0.2, 0.25) is 0 Å². The Hall–Kier alpha value is -0.870. The molecule has 1 rings (SSSR count). The standard InChI is InChI=1S/C10H17NO3/c1-2-5-11(7-10(12)13)9-4-3-6-14-8-9/h2,9H,1,3-8H2,(H,12,13). The lowest BCUT2D eigenvalue weighted by Gasteiger charge is -2.32. The fourth-order valence-electron chi connectivity index (χ4n) is 1.69. The van der Waals surface area contributed by atoms with Gasteiger partial charge in [-0.15, -0.1) is 6.58 Å². The van der Waals surface area contributed by atoms with Gasteiger partial charge in [-0.05, 0) is 12.8 Å². The minimum absolute atomic E-state index is 0.0695. The first kappa shape index (κ1) is 11.2. The molecular formula is C10H17NO3. The molecule has 4 heteroatoms. The average Bonchev–Trinajstić information content (AvgIpc) is 2.18. The van der Waals surface area contributed by atoms with Crippen LogP contribution in [0.4, 0.5) is 0 Å². The van der Waals surface area contributed by atoms with Crippen molar-refractivity contribution in [2.24, 2.45) is 0 Å². The lowest BCUT2D eigenvalue weighted by atomic mass is 10.1. The molecule has 0 aromatic heterocycles. The van der Waals surface area contributed by atoms with E-state index in [9.17, 15) is 4.79 Å². The summed E-state index contributed by atoms with van der Waals surface area (Å²) in [7, 11) is 0. The van der Waals surface area contributed by atoms with Crippen LogP contribution >= 0.6 is 0 Å². The van der Waals surface area contributed by atoms with Gasteiger partial charge in [0.05, 0.1) is 13.2 Å². The maximum atomic E-state index is 10.6. The molecule has 80 valence electrons. The van der Waals surface area contributed by atoms with Crippen molar-refractivity contribution >= 4 is 5.97 Å². The van der Waals surface area contributed by atoms with Gasteiger partial charge < -0.3 is 9.84 Å². The fraction of sp³-hybridized carbons (Fsp3) is 0.700. The number of aliphatic carboxylic acids is 1. The number of hydrogen-bond acceptors (Lipinski definition) is 3. The highest BCUT2D eigenvalue weighted by Crippen LogP contribution is 2.12. The lowest BCUT2D eigenvalue weighted by Crippen LogP contribution is -2.43. The Balaban J connectivity index is 2.46. The number of carboxylic acid groups (broad SMARTS) is 1. The Morgan fingerprint density at radius 2 is 2.50 bits per heavy atom. The zero-order chi connectivity index (χ0) is 10.4. The zero-order valence-electron chi connectivity index (χ0n) is 8.32. The van der Waals surface area contributed by atoms with Gasteiger partial charge in [-0.25, -0.2) is 0 Å². The van der Waals surface area contributed by atoms with Crippen LogP contribution in [0.5, 0.6) is 0 Å². The van der Waals surface area contributed by atoms with Gasteiger partial charge >= 0.3 is 5.97 Å². The van der Waals surface area contributed by atoms with Crippen molar-refractivity contribution in [3.05, 3.63) is 12.7 Å². The summed E-state index contributed by atoms with van der Waals surface area (Å²) in [5.41, 5.74) is 0. The van der Waals surface area contributed by atoms with Crippen molar-refractivity contribution in [3.8, 4) is 0 Å². The quantitative estimate of drug-likeness (QED) is 0.663. The molecule has 1 atom stereocenters. The predicted molar refractivity (Wildman–Crippen MR) is 53.2 cm³/mol. The highest BCUT2D eigenvalue weighted by molar-refractivity contribution is 5.69. The van der Waals surface area contributed by atoms with E-state index in [0.717, 1.165) is 19.4 Å². The van der Waals surface area contributed by atoms with Crippen LogP contribution in [0.3, 0.4) is 0 Å². The molecule has 0 radical (unpaired) electrons. The molecule has 0 spiro atoms. The Bertz CT molecular complexity index is 200. The second-order valence-electron chi connectivity index (χ2n) is 3.48. The number of ether oxygens (including phenoxy) is 1. The first-order valence-electron chi connectivity index (χ1n) is 4.88. The van der Waals surface area contributed by atoms with Crippen molar-refractivity contribution in [3.63, 3.8) is 0 Å². The largest absolute Gasteiger partial charge is 0.480 e. The van der Waals surface area contributed by atoms with E-state index in [1.54, 1.807) is 6.08 Å². The summed E-state index contributed by atoms with van der Waals surface area (Å²) < 4.78 is 5.32. The van der Waals surface area contributed by atoms with Crippen LogP contribution in [0, 0.1) is 0 Å². The second-order valence-corrected chi connectivity index (χ2v) is 3.48. The van der Waals surface area contributed by atoms with Gasteiger partial charge in [0.25, 0.3) is 0 Å². The van der Waals surface area contributed by atoms with E-state index in [-0.39, 0.29) is 12.6 Å². The molecule has 0 amide bonds. The number of carbonyl (C=O) groups is 1. The molecule has 1 unspecified atom stereocenters. The first-order valence-corrected chi connectivity index (χ1v) is 4.88. The minimum Gasteiger partial charge on any atom is -0.480 e. The van der Waals surface area contributed by atoms with E-state index in [0.29, 0.717) is 13.2 Å². The molecule has 1 saturated heterocycles. The van der Waals surface area contributed by atoms with E-state index >= 15 is 0 Å². The molecule has 1 heterocycles. The number of rotatable bonds is 5. The normalized spacial score (nSPS) is 22.2. The van der Waals surface area contributed by atoms with E-state index in [1.807, 2.05) is 4.90 Å². The van der Waals surface area contributed by atoms with Gasteiger partial charge in [0.15, 0.2) is 0 Å². The molecule has 0 aromatic carbocycles. The third kappa shape index (κ3) is 3.47. The molecule has 0 bridgehead atoms. The van der Waals surface area contributed by atoms with Crippen LogP contribution in [0.25, 0.3) is 0 Å². The topological polar surface area (TPSA) is 49.8 Å². The van der Waals surface area contributed by atoms with Crippen LogP contribution in [-0.4, -0.2) is 48.3 Å². The molecule has 0 saturated carbocycles. The molecule has 1 aliphatic heterocycles. The highest BCUT2D eigenvalue weighted by atomic mass is 16.5. The number of nitrogens with zero attached hydrogens (tertiary/aromatic N) is 1. The maximum Gasteiger partial charge on any atom is 0.317 e.